The topological polar surface area (TPSA) is 69.6 Å². The minimum atomic E-state index is -4.66. The third kappa shape index (κ3) is 5.75. The molecule has 2 amide bonds. The van der Waals surface area contributed by atoms with E-state index in [1.807, 2.05) is 0 Å². The summed E-state index contributed by atoms with van der Waals surface area (Å²) >= 11 is 0. The zero-order valence-electron chi connectivity index (χ0n) is 9.65. The fourth-order valence-electron chi connectivity index (χ4n) is 1.30. The molecular weight excluding hydrogens is 265 g/mol. The van der Waals surface area contributed by atoms with Gasteiger partial charge in [0, 0.05) is 5.69 Å². The van der Waals surface area contributed by atoms with Gasteiger partial charge in [0.05, 0.1) is 0 Å². The minimum Gasteiger partial charge on any atom is -0.480 e. The number of alkyl halides is 3. The average Bonchev–Trinajstić information content (AvgIpc) is 2.27. The van der Waals surface area contributed by atoms with Crippen molar-refractivity contribution in [2.75, 3.05) is 18.4 Å². The van der Waals surface area contributed by atoms with Gasteiger partial charge < -0.3 is 15.3 Å². The van der Waals surface area contributed by atoms with Gasteiger partial charge in [0.15, 0.2) is 0 Å². The molecule has 0 bridgehead atoms. The number of carbonyl (C=O) groups excluding carboxylic acids is 1. The van der Waals surface area contributed by atoms with Crippen molar-refractivity contribution in [2.45, 2.75) is 6.18 Å². The molecule has 0 aliphatic heterocycles. The lowest BCUT2D eigenvalue weighted by Crippen LogP contribution is -2.44. The van der Waals surface area contributed by atoms with Gasteiger partial charge in [-0.2, -0.15) is 13.2 Å². The van der Waals surface area contributed by atoms with Crippen LogP contribution in [0.3, 0.4) is 0 Å². The zero-order chi connectivity index (χ0) is 14.5. The second-order valence-corrected chi connectivity index (χ2v) is 3.66. The molecule has 0 saturated heterocycles. The lowest BCUT2D eigenvalue weighted by Gasteiger charge is -2.22. The Labute approximate surface area is 106 Å². The van der Waals surface area contributed by atoms with E-state index in [1.54, 1.807) is 18.2 Å². The molecule has 5 nitrogen and oxygen atoms in total. The molecule has 0 aliphatic carbocycles. The van der Waals surface area contributed by atoms with Crippen LogP contribution in [0.2, 0.25) is 0 Å². The standard InChI is InChI=1S/C11H11F3N2O3/c12-11(13,14)7-16(6-9(17)18)10(19)15-8-4-2-1-3-5-8/h1-5H,6-7H2,(H,15,19)(H,17,18). The third-order valence-electron chi connectivity index (χ3n) is 2.01. The molecule has 0 aliphatic rings. The summed E-state index contributed by atoms with van der Waals surface area (Å²) in [6.45, 7) is -2.66. The van der Waals surface area contributed by atoms with Crippen molar-refractivity contribution in [1.82, 2.24) is 4.90 Å². The van der Waals surface area contributed by atoms with E-state index < -0.39 is 31.3 Å². The highest BCUT2D eigenvalue weighted by Gasteiger charge is 2.34. The third-order valence-corrected chi connectivity index (χ3v) is 2.01. The molecule has 0 heterocycles. The van der Waals surface area contributed by atoms with Crippen LogP contribution >= 0.6 is 0 Å². The van der Waals surface area contributed by atoms with Crippen molar-refractivity contribution in [3.8, 4) is 0 Å². The number of hydrogen-bond donors (Lipinski definition) is 2. The maximum atomic E-state index is 12.2. The van der Waals surface area contributed by atoms with Gasteiger partial charge in [-0.15, -0.1) is 0 Å². The predicted molar refractivity (Wildman–Crippen MR) is 60.7 cm³/mol. The number of carboxylic acids is 1. The number of hydrogen-bond acceptors (Lipinski definition) is 2. The highest BCUT2D eigenvalue weighted by Crippen LogP contribution is 2.17. The number of benzene rings is 1. The first-order valence-corrected chi connectivity index (χ1v) is 5.17. The largest absolute Gasteiger partial charge is 0.480 e. The first-order chi connectivity index (χ1) is 8.78. The Morgan fingerprint density at radius 2 is 1.79 bits per heavy atom. The summed E-state index contributed by atoms with van der Waals surface area (Å²) in [7, 11) is 0. The maximum absolute atomic E-state index is 12.2. The van der Waals surface area contributed by atoms with E-state index in [2.05, 4.69) is 5.32 Å². The molecule has 19 heavy (non-hydrogen) atoms. The normalized spacial score (nSPS) is 10.9. The number of nitrogens with zero attached hydrogens (tertiary/aromatic N) is 1. The number of aliphatic carboxylic acids is 1. The number of rotatable bonds is 4. The summed E-state index contributed by atoms with van der Waals surface area (Å²) in [5.41, 5.74) is 0.282. The number of carbonyl (C=O) groups is 2. The molecular formula is C11H11F3N2O3. The molecule has 8 heteroatoms. The van der Waals surface area contributed by atoms with Gasteiger partial charge in [-0.25, -0.2) is 4.79 Å². The van der Waals surface area contributed by atoms with Crippen LogP contribution in [0.15, 0.2) is 30.3 Å². The quantitative estimate of drug-likeness (QED) is 0.885. The number of nitrogens with one attached hydrogen (secondary N) is 1. The smallest absolute Gasteiger partial charge is 0.406 e. The van der Waals surface area contributed by atoms with Gasteiger partial charge in [-0.05, 0) is 12.1 Å². The summed E-state index contributed by atoms with van der Waals surface area (Å²) in [4.78, 5) is 22.2. The molecule has 0 saturated carbocycles. The molecule has 0 atom stereocenters. The van der Waals surface area contributed by atoms with Crippen molar-refractivity contribution in [2.24, 2.45) is 0 Å². The summed E-state index contributed by atoms with van der Waals surface area (Å²) in [6.07, 6.45) is -4.66. The number of halogens is 3. The van der Waals surface area contributed by atoms with Crippen molar-refractivity contribution < 1.29 is 27.9 Å². The number of carboxylic acid groups (broad SMARTS) is 1. The number of anilines is 1. The summed E-state index contributed by atoms with van der Waals surface area (Å²) in [6, 6.07) is 6.67. The van der Waals surface area contributed by atoms with Gasteiger partial charge >= 0.3 is 18.2 Å². The summed E-state index contributed by atoms with van der Waals surface area (Å²) in [5.74, 6) is -1.52. The van der Waals surface area contributed by atoms with Gasteiger partial charge in [0.1, 0.15) is 13.1 Å². The Kier molecular flexibility index (Phi) is 4.74. The lowest BCUT2D eigenvalue weighted by atomic mass is 10.3. The van der Waals surface area contributed by atoms with Crippen molar-refractivity contribution in [3.05, 3.63) is 30.3 Å². The van der Waals surface area contributed by atoms with Crippen molar-refractivity contribution in [1.29, 1.82) is 0 Å². The average molecular weight is 276 g/mol. The van der Waals surface area contributed by atoms with Crippen LogP contribution < -0.4 is 5.32 Å². The number of urea groups is 1. The van der Waals surface area contributed by atoms with E-state index in [1.165, 1.54) is 12.1 Å². The molecule has 0 unspecified atom stereocenters. The monoisotopic (exact) mass is 276 g/mol. The fourth-order valence-corrected chi connectivity index (χ4v) is 1.30. The van der Waals surface area contributed by atoms with Crippen molar-refractivity contribution >= 4 is 17.7 Å². The van der Waals surface area contributed by atoms with Crippen molar-refractivity contribution in [3.63, 3.8) is 0 Å². The van der Waals surface area contributed by atoms with Crippen LogP contribution in [0.4, 0.5) is 23.7 Å². The second kappa shape index (κ2) is 6.07. The van der Waals surface area contributed by atoms with E-state index >= 15 is 0 Å². The second-order valence-electron chi connectivity index (χ2n) is 3.66. The van der Waals surface area contributed by atoms with Crippen LogP contribution in [0.25, 0.3) is 0 Å². The summed E-state index contributed by atoms with van der Waals surface area (Å²) in [5, 5.41) is 10.7. The van der Waals surface area contributed by atoms with Crippen LogP contribution in [-0.4, -0.2) is 41.3 Å². The first-order valence-electron chi connectivity index (χ1n) is 5.17. The molecule has 1 aromatic carbocycles. The SMILES string of the molecule is O=C(O)CN(CC(F)(F)F)C(=O)Nc1ccccc1. The Morgan fingerprint density at radius 1 is 1.21 bits per heavy atom. The Morgan fingerprint density at radius 3 is 2.26 bits per heavy atom. The molecule has 104 valence electrons. The fraction of sp³-hybridized carbons (Fsp3) is 0.273. The van der Waals surface area contributed by atoms with E-state index in [9.17, 15) is 22.8 Å². The minimum absolute atomic E-state index is 0.176. The molecule has 0 radical (unpaired) electrons. The van der Waals surface area contributed by atoms with Gasteiger partial charge in [-0.1, -0.05) is 18.2 Å². The van der Waals surface area contributed by atoms with E-state index in [0.29, 0.717) is 0 Å². The van der Waals surface area contributed by atoms with Crippen LogP contribution in [0.1, 0.15) is 0 Å². The van der Waals surface area contributed by atoms with E-state index in [0.717, 1.165) is 0 Å². The van der Waals surface area contributed by atoms with Crippen LogP contribution in [0, 0.1) is 0 Å². The molecule has 1 rings (SSSR count). The number of amides is 2. The highest BCUT2D eigenvalue weighted by atomic mass is 19.4. The van der Waals surface area contributed by atoms with Gasteiger partial charge in [-0.3, -0.25) is 4.79 Å². The van der Waals surface area contributed by atoms with Gasteiger partial charge in [0.25, 0.3) is 0 Å². The molecule has 0 spiro atoms. The highest BCUT2D eigenvalue weighted by molar-refractivity contribution is 5.91. The van der Waals surface area contributed by atoms with Gasteiger partial charge in [0.2, 0.25) is 0 Å². The molecule has 0 fully saturated rings. The Bertz CT molecular complexity index is 448. The maximum Gasteiger partial charge on any atom is 0.406 e. The van der Waals surface area contributed by atoms with E-state index in [-0.39, 0.29) is 10.6 Å². The van der Waals surface area contributed by atoms with E-state index in [4.69, 9.17) is 5.11 Å². The Hall–Kier alpha value is -2.25. The molecule has 0 aromatic heterocycles. The van der Waals surface area contributed by atoms with Crippen LogP contribution in [0.5, 0.6) is 0 Å². The van der Waals surface area contributed by atoms with Crippen LogP contribution in [-0.2, 0) is 4.79 Å². The molecule has 2 N–H and O–H groups in total. The lowest BCUT2D eigenvalue weighted by molar-refractivity contribution is -0.148. The predicted octanol–water partition coefficient (Wildman–Crippen LogP) is 2.17. The summed E-state index contributed by atoms with van der Waals surface area (Å²) < 4.78 is 36.7. The Balaban J connectivity index is 2.74. The number of para-hydroxylation sites is 1. The zero-order valence-corrected chi connectivity index (χ0v) is 9.65. The first kappa shape index (κ1) is 14.8. The molecule has 1 aromatic rings.